The molecule has 1 aromatic rings. The monoisotopic (exact) mass is 355 g/mol. The van der Waals surface area contributed by atoms with Crippen molar-refractivity contribution in [3.8, 4) is 5.75 Å². The molecule has 1 aromatic carbocycles. The number of nitrogens with one attached hydrogen (secondary N) is 1. The van der Waals surface area contributed by atoms with Crippen LogP contribution in [0.3, 0.4) is 0 Å². The van der Waals surface area contributed by atoms with Gasteiger partial charge >= 0.3 is 0 Å². The summed E-state index contributed by atoms with van der Waals surface area (Å²) < 4.78 is 6.59. The van der Waals surface area contributed by atoms with Crippen LogP contribution in [0, 0.1) is 16.7 Å². The van der Waals surface area contributed by atoms with Crippen molar-refractivity contribution in [2.24, 2.45) is 16.7 Å². The zero-order chi connectivity index (χ0) is 15.7. The Morgan fingerprint density at radius 2 is 1.76 bits per heavy atom. The van der Waals surface area contributed by atoms with Gasteiger partial charge in [-0.25, -0.2) is 0 Å². The molecule has 1 aliphatic carbocycles. The lowest BCUT2D eigenvalue weighted by atomic mass is 10.0. The second kappa shape index (κ2) is 6.27. The largest absolute Gasteiger partial charge is 0.491 e. The highest BCUT2D eigenvalue weighted by Crippen LogP contribution is 2.67. The van der Waals surface area contributed by atoms with Crippen molar-refractivity contribution >= 4 is 15.9 Å². The van der Waals surface area contributed by atoms with E-state index >= 15 is 0 Å². The Bertz CT molecular complexity index is 456. The minimum atomic E-state index is -0.487. The molecule has 2 rings (SSSR count). The molecule has 0 saturated heterocycles. The third-order valence-electron chi connectivity index (χ3n) is 5.30. The Hall–Kier alpha value is -0.580. The highest BCUT2D eigenvalue weighted by molar-refractivity contribution is 9.10. The molecule has 21 heavy (non-hydrogen) atoms. The number of ether oxygens (including phenoxy) is 1. The maximum absolute atomic E-state index is 9.96. The first-order valence-electron chi connectivity index (χ1n) is 7.52. The minimum Gasteiger partial charge on any atom is -0.491 e. The van der Waals surface area contributed by atoms with Crippen LogP contribution >= 0.6 is 15.9 Å². The second-order valence-corrected chi connectivity index (χ2v) is 7.99. The Balaban J connectivity index is 1.64. The van der Waals surface area contributed by atoms with E-state index < -0.39 is 6.10 Å². The summed E-state index contributed by atoms with van der Waals surface area (Å²) in [5.41, 5.74) is 0.776. The molecule has 0 amide bonds. The summed E-state index contributed by atoms with van der Waals surface area (Å²) >= 11 is 3.38. The first kappa shape index (κ1) is 16.8. The van der Waals surface area contributed by atoms with E-state index in [1.54, 1.807) is 0 Å². The summed E-state index contributed by atoms with van der Waals surface area (Å²) in [5, 5.41) is 13.3. The normalized spacial score (nSPS) is 21.0. The minimum absolute atomic E-state index is 0.312. The number of rotatable bonds is 7. The van der Waals surface area contributed by atoms with Crippen molar-refractivity contribution in [3.63, 3.8) is 0 Å². The predicted molar refractivity (Wildman–Crippen MR) is 89.6 cm³/mol. The molecule has 1 aliphatic rings. The number of halogens is 1. The maximum atomic E-state index is 9.96. The molecule has 4 heteroatoms. The van der Waals surface area contributed by atoms with Crippen LogP contribution in [0.5, 0.6) is 5.75 Å². The van der Waals surface area contributed by atoms with Crippen molar-refractivity contribution < 1.29 is 9.84 Å². The number of hydrogen-bond acceptors (Lipinski definition) is 3. The van der Waals surface area contributed by atoms with Crippen molar-refractivity contribution in [1.82, 2.24) is 5.32 Å². The Morgan fingerprint density at radius 3 is 2.29 bits per heavy atom. The molecule has 0 aromatic heterocycles. The van der Waals surface area contributed by atoms with Gasteiger partial charge in [-0.1, -0.05) is 43.6 Å². The predicted octanol–water partition coefficient (Wildman–Crippen LogP) is 3.46. The first-order chi connectivity index (χ1) is 9.75. The van der Waals surface area contributed by atoms with Crippen LogP contribution in [0.25, 0.3) is 0 Å². The van der Waals surface area contributed by atoms with Gasteiger partial charge in [-0.3, -0.25) is 0 Å². The van der Waals surface area contributed by atoms with Crippen LogP contribution in [-0.4, -0.2) is 30.9 Å². The van der Waals surface area contributed by atoms with E-state index in [1.807, 2.05) is 24.3 Å². The highest BCUT2D eigenvalue weighted by Gasteiger charge is 2.63. The van der Waals surface area contributed by atoms with E-state index in [4.69, 9.17) is 4.74 Å². The van der Waals surface area contributed by atoms with Crippen LogP contribution in [0.1, 0.15) is 27.7 Å². The molecule has 0 aliphatic heterocycles. The van der Waals surface area contributed by atoms with Crippen molar-refractivity contribution in [1.29, 1.82) is 0 Å². The molecule has 0 heterocycles. The van der Waals surface area contributed by atoms with E-state index in [-0.39, 0.29) is 0 Å². The molecule has 0 bridgehead atoms. The number of aliphatic hydroxyl groups is 1. The van der Waals surface area contributed by atoms with E-state index in [9.17, 15) is 5.11 Å². The molecular formula is C17H26BrNO2. The maximum Gasteiger partial charge on any atom is 0.119 e. The topological polar surface area (TPSA) is 41.5 Å². The van der Waals surface area contributed by atoms with Gasteiger partial charge in [0.1, 0.15) is 18.5 Å². The average molecular weight is 356 g/mol. The molecule has 1 unspecified atom stereocenters. The van der Waals surface area contributed by atoms with Gasteiger partial charge in [-0.15, -0.1) is 0 Å². The highest BCUT2D eigenvalue weighted by atomic mass is 79.9. The average Bonchev–Trinajstić information content (AvgIpc) is 2.80. The van der Waals surface area contributed by atoms with Gasteiger partial charge in [-0.2, -0.15) is 0 Å². The quantitative estimate of drug-likeness (QED) is 0.786. The fourth-order valence-corrected chi connectivity index (χ4v) is 3.28. The van der Waals surface area contributed by atoms with Crippen LogP contribution in [0.2, 0.25) is 0 Å². The Morgan fingerprint density at radius 1 is 1.19 bits per heavy atom. The smallest absolute Gasteiger partial charge is 0.119 e. The Labute approximate surface area is 136 Å². The molecule has 0 spiro atoms. The third-order valence-corrected chi connectivity index (χ3v) is 5.83. The number of hydrogen-bond donors (Lipinski definition) is 2. The standard InChI is InChI=1S/C17H26BrNO2/c1-16(2)15(17(16,3)4)10-19-9-13(20)11-21-14-7-5-12(18)6-8-14/h5-8,13,15,19-20H,9-11H2,1-4H3. The molecule has 0 radical (unpaired) electrons. The molecule has 1 saturated carbocycles. The summed E-state index contributed by atoms with van der Waals surface area (Å²) in [6.45, 7) is 11.1. The van der Waals surface area contributed by atoms with Crippen LogP contribution in [-0.2, 0) is 0 Å². The first-order valence-corrected chi connectivity index (χ1v) is 8.31. The number of benzene rings is 1. The van der Waals surface area contributed by atoms with E-state index in [2.05, 4.69) is 48.9 Å². The van der Waals surface area contributed by atoms with Gasteiger partial charge in [0.05, 0.1) is 0 Å². The molecule has 3 nitrogen and oxygen atoms in total. The van der Waals surface area contributed by atoms with E-state index in [0.717, 1.165) is 16.8 Å². The lowest BCUT2D eigenvalue weighted by Crippen LogP contribution is -2.33. The molecule has 118 valence electrons. The van der Waals surface area contributed by atoms with Crippen molar-refractivity contribution in [2.75, 3.05) is 19.7 Å². The van der Waals surface area contributed by atoms with E-state index in [0.29, 0.717) is 29.9 Å². The summed E-state index contributed by atoms with van der Waals surface area (Å²) in [6, 6.07) is 7.63. The van der Waals surface area contributed by atoms with Crippen molar-refractivity contribution in [3.05, 3.63) is 28.7 Å². The zero-order valence-electron chi connectivity index (χ0n) is 13.3. The summed E-state index contributed by atoms with van der Waals surface area (Å²) in [4.78, 5) is 0. The molecule has 1 fully saturated rings. The van der Waals surface area contributed by atoms with E-state index in [1.165, 1.54) is 0 Å². The van der Waals surface area contributed by atoms with Crippen molar-refractivity contribution in [2.45, 2.75) is 33.8 Å². The molecule has 1 atom stereocenters. The van der Waals surface area contributed by atoms with Crippen LogP contribution < -0.4 is 10.1 Å². The summed E-state index contributed by atoms with van der Waals surface area (Å²) in [7, 11) is 0. The lowest BCUT2D eigenvalue weighted by Gasteiger charge is -2.14. The fourth-order valence-electron chi connectivity index (χ4n) is 3.02. The molecule has 2 N–H and O–H groups in total. The van der Waals surface area contributed by atoms with Crippen LogP contribution in [0.4, 0.5) is 0 Å². The lowest BCUT2D eigenvalue weighted by molar-refractivity contribution is 0.106. The zero-order valence-corrected chi connectivity index (χ0v) is 14.9. The van der Waals surface area contributed by atoms with Gasteiger partial charge in [0, 0.05) is 11.0 Å². The van der Waals surface area contributed by atoms with Gasteiger partial charge < -0.3 is 15.2 Å². The Kier molecular flexibility index (Phi) is 5.01. The summed E-state index contributed by atoms with van der Waals surface area (Å²) in [6.07, 6.45) is -0.487. The van der Waals surface area contributed by atoms with Gasteiger partial charge in [0.25, 0.3) is 0 Å². The summed E-state index contributed by atoms with van der Waals surface area (Å²) in [5.74, 6) is 1.45. The van der Waals surface area contributed by atoms with Gasteiger partial charge in [-0.05, 0) is 47.6 Å². The second-order valence-electron chi connectivity index (χ2n) is 7.07. The van der Waals surface area contributed by atoms with Gasteiger partial charge in [0.2, 0.25) is 0 Å². The number of aliphatic hydroxyl groups excluding tert-OH is 1. The SMILES string of the molecule is CC1(C)C(CNCC(O)COc2ccc(Br)cc2)C1(C)C. The van der Waals surface area contributed by atoms with Gasteiger partial charge in [0.15, 0.2) is 0 Å². The fraction of sp³-hybridized carbons (Fsp3) is 0.647. The third kappa shape index (κ3) is 3.79. The molecular weight excluding hydrogens is 330 g/mol. The van der Waals surface area contributed by atoms with Crippen LogP contribution in [0.15, 0.2) is 28.7 Å².